The summed E-state index contributed by atoms with van der Waals surface area (Å²) in [7, 11) is 0. The van der Waals surface area contributed by atoms with Crippen molar-refractivity contribution in [2.45, 2.75) is 0 Å². The van der Waals surface area contributed by atoms with Gasteiger partial charge in [0.2, 0.25) is 0 Å². The van der Waals surface area contributed by atoms with Gasteiger partial charge in [-0.1, -0.05) is 15.9 Å². The van der Waals surface area contributed by atoms with Crippen molar-refractivity contribution in [2.75, 3.05) is 5.73 Å². The van der Waals surface area contributed by atoms with Crippen LogP contribution in [0.1, 0.15) is 0 Å². The molecule has 2 aromatic carbocycles. The number of rotatable bonds is 2. The summed E-state index contributed by atoms with van der Waals surface area (Å²) in [5.41, 5.74) is 6.30. The summed E-state index contributed by atoms with van der Waals surface area (Å²) in [5.74, 6) is 0.709. The molecule has 88 valence electrons. The largest absolute Gasteiger partial charge is 0.455 e. The van der Waals surface area contributed by atoms with Crippen molar-refractivity contribution in [2.24, 2.45) is 0 Å². The van der Waals surface area contributed by atoms with E-state index in [-0.39, 0.29) is 5.82 Å². The molecule has 0 amide bonds. The minimum absolute atomic E-state index is 0.334. The van der Waals surface area contributed by atoms with E-state index in [1.807, 2.05) is 6.07 Å². The van der Waals surface area contributed by atoms with Gasteiger partial charge in [-0.3, -0.25) is 0 Å². The van der Waals surface area contributed by atoms with Gasteiger partial charge in [0.25, 0.3) is 0 Å². The number of halogens is 3. The second-order valence-corrected chi connectivity index (χ2v) is 5.13. The summed E-state index contributed by atoms with van der Waals surface area (Å²) in [5, 5.41) is 0. The molecule has 0 atom stereocenters. The molecule has 0 aliphatic rings. The van der Waals surface area contributed by atoms with Crippen LogP contribution in [0.4, 0.5) is 10.1 Å². The second kappa shape index (κ2) is 5.06. The lowest BCUT2D eigenvalue weighted by molar-refractivity contribution is 0.482. The molecule has 2 N–H and O–H groups in total. The maximum Gasteiger partial charge on any atom is 0.151 e. The van der Waals surface area contributed by atoms with Crippen LogP contribution in [0.5, 0.6) is 11.5 Å². The molecule has 0 unspecified atom stereocenters. The maximum atomic E-state index is 13.0. The summed E-state index contributed by atoms with van der Waals surface area (Å²) in [6, 6.07) is 9.73. The fourth-order valence-corrected chi connectivity index (χ4v) is 1.96. The Kier molecular flexibility index (Phi) is 3.69. The first-order valence-corrected chi connectivity index (χ1v) is 6.33. The van der Waals surface area contributed by atoms with Crippen molar-refractivity contribution in [3.05, 3.63) is 51.2 Å². The zero-order chi connectivity index (χ0) is 12.4. The molecule has 0 bridgehead atoms. The Morgan fingerprint density at radius 1 is 1.06 bits per heavy atom. The van der Waals surface area contributed by atoms with E-state index in [1.54, 1.807) is 24.3 Å². The van der Waals surface area contributed by atoms with Crippen LogP contribution in [-0.2, 0) is 0 Å². The van der Waals surface area contributed by atoms with Crippen LogP contribution < -0.4 is 10.5 Å². The normalized spacial score (nSPS) is 10.3. The highest BCUT2D eigenvalue weighted by Gasteiger charge is 2.05. The van der Waals surface area contributed by atoms with E-state index in [4.69, 9.17) is 10.5 Å². The minimum Gasteiger partial charge on any atom is -0.455 e. The average Bonchev–Trinajstić information content (AvgIpc) is 2.29. The predicted molar refractivity (Wildman–Crippen MR) is 72.7 cm³/mol. The number of ether oxygens (including phenoxy) is 1. The van der Waals surface area contributed by atoms with E-state index < -0.39 is 0 Å². The summed E-state index contributed by atoms with van der Waals surface area (Å²) < 4.78 is 19.8. The Bertz CT molecular complexity index is 560. The molecule has 0 fully saturated rings. The summed E-state index contributed by atoms with van der Waals surface area (Å²) in [6.07, 6.45) is 0. The fraction of sp³-hybridized carbons (Fsp3) is 0. The summed E-state index contributed by atoms with van der Waals surface area (Å²) in [6.45, 7) is 0. The monoisotopic (exact) mass is 359 g/mol. The number of hydrogen-bond acceptors (Lipinski definition) is 2. The fourth-order valence-electron chi connectivity index (χ4n) is 1.26. The summed E-state index contributed by atoms with van der Waals surface area (Å²) >= 11 is 6.43. The van der Waals surface area contributed by atoms with Gasteiger partial charge in [-0.25, -0.2) is 4.39 Å². The highest BCUT2D eigenvalue weighted by Crippen LogP contribution is 2.31. The lowest BCUT2D eigenvalue weighted by Crippen LogP contribution is -1.92. The topological polar surface area (TPSA) is 35.2 Å². The third-order valence-corrected chi connectivity index (χ3v) is 3.20. The van der Waals surface area contributed by atoms with Crippen molar-refractivity contribution in [3.8, 4) is 11.5 Å². The third kappa shape index (κ3) is 2.98. The number of nitrogens with two attached hydrogens (primary N) is 1. The molecule has 0 aliphatic carbocycles. The quantitative estimate of drug-likeness (QED) is 0.786. The Labute approximate surface area is 115 Å². The molecular weight excluding hydrogens is 353 g/mol. The van der Waals surface area contributed by atoms with Crippen LogP contribution in [0.25, 0.3) is 0 Å². The maximum absolute atomic E-state index is 13.0. The van der Waals surface area contributed by atoms with Crippen LogP contribution in [0.15, 0.2) is 45.3 Å². The Morgan fingerprint density at radius 3 is 2.53 bits per heavy atom. The van der Waals surface area contributed by atoms with Crippen LogP contribution >= 0.6 is 31.9 Å². The molecule has 0 aliphatic heterocycles. The molecule has 0 spiro atoms. The molecule has 0 heterocycles. The van der Waals surface area contributed by atoms with Gasteiger partial charge in [0.1, 0.15) is 11.6 Å². The predicted octanol–water partition coefficient (Wildman–Crippen LogP) is 4.73. The number of anilines is 1. The molecule has 0 aromatic heterocycles. The first-order valence-electron chi connectivity index (χ1n) is 4.74. The third-order valence-electron chi connectivity index (χ3n) is 2.09. The number of nitrogen functional groups attached to an aromatic ring is 1. The molecule has 0 saturated carbocycles. The zero-order valence-corrected chi connectivity index (χ0v) is 11.8. The molecule has 17 heavy (non-hydrogen) atoms. The van der Waals surface area contributed by atoms with E-state index in [9.17, 15) is 4.39 Å². The van der Waals surface area contributed by atoms with Crippen molar-refractivity contribution in [3.63, 3.8) is 0 Å². The first-order chi connectivity index (χ1) is 8.06. The first kappa shape index (κ1) is 12.4. The van der Waals surface area contributed by atoms with Crippen LogP contribution in [0, 0.1) is 5.82 Å². The molecule has 0 radical (unpaired) electrons. The van der Waals surface area contributed by atoms with Gasteiger partial charge in [0, 0.05) is 4.47 Å². The number of hydrogen-bond donors (Lipinski definition) is 1. The van der Waals surface area contributed by atoms with Crippen molar-refractivity contribution < 1.29 is 9.13 Å². The van der Waals surface area contributed by atoms with Crippen LogP contribution in [0.3, 0.4) is 0 Å². The van der Waals surface area contributed by atoms with E-state index >= 15 is 0 Å². The molecule has 2 aromatic rings. The lowest BCUT2D eigenvalue weighted by Gasteiger charge is -2.09. The van der Waals surface area contributed by atoms with Gasteiger partial charge in [0.15, 0.2) is 5.75 Å². The summed E-state index contributed by atoms with van der Waals surface area (Å²) in [4.78, 5) is 0. The van der Waals surface area contributed by atoms with Gasteiger partial charge in [-0.05, 0) is 52.3 Å². The lowest BCUT2D eigenvalue weighted by atomic mass is 10.3. The van der Waals surface area contributed by atoms with Crippen LogP contribution in [-0.4, -0.2) is 0 Å². The van der Waals surface area contributed by atoms with Crippen LogP contribution in [0.2, 0.25) is 0 Å². The van der Waals surface area contributed by atoms with E-state index in [0.717, 1.165) is 4.47 Å². The number of benzene rings is 2. The zero-order valence-electron chi connectivity index (χ0n) is 8.58. The SMILES string of the molecule is Nc1ccc(Br)cc1Oc1ccc(F)c(Br)c1. The molecular formula is C12H8Br2FNO. The second-order valence-electron chi connectivity index (χ2n) is 3.36. The van der Waals surface area contributed by atoms with Gasteiger partial charge >= 0.3 is 0 Å². The Balaban J connectivity index is 2.31. The van der Waals surface area contributed by atoms with Crippen molar-refractivity contribution >= 4 is 37.5 Å². The van der Waals surface area contributed by atoms with Gasteiger partial charge in [-0.2, -0.15) is 0 Å². The smallest absolute Gasteiger partial charge is 0.151 e. The van der Waals surface area contributed by atoms with Gasteiger partial charge < -0.3 is 10.5 Å². The van der Waals surface area contributed by atoms with E-state index in [2.05, 4.69) is 31.9 Å². The molecule has 5 heteroatoms. The van der Waals surface area contributed by atoms with E-state index in [1.165, 1.54) is 6.07 Å². The minimum atomic E-state index is -0.334. The van der Waals surface area contributed by atoms with Crippen molar-refractivity contribution in [1.82, 2.24) is 0 Å². The van der Waals surface area contributed by atoms with E-state index in [0.29, 0.717) is 21.7 Å². The van der Waals surface area contributed by atoms with Gasteiger partial charge in [0.05, 0.1) is 10.2 Å². The molecule has 0 saturated heterocycles. The Hall–Kier alpha value is -1.07. The average molecular weight is 361 g/mol. The highest BCUT2D eigenvalue weighted by molar-refractivity contribution is 9.10. The standard InChI is InChI=1S/C12H8Br2FNO/c13-7-1-4-11(16)12(5-7)17-8-2-3-10(15)9(14)6-8/h1-6H,16H2. The molecule has 2 nitrogen and oxygen atoms in total. The van der Waals surface area contributed by atoms with Gasteiger partial charge in [-0.15, -0.1) is 0 Å². The van der Waals surface area contributed by atoms with Crippen molar-refractivity contribution in [1.29, 1.82) is 0 Å². The highest BCUT2D eigenvalue weighted by atomic mass is 79.9. The Morgan fingerprint density at radius 2 is 1.82 bits per heavy atom. The molecule has 2 rings (SSSR count).